The summed E-state index contributed by atoms with van der Waals surface area (Å²) in [6.07, 6.45) is 1.39. The summed E-state index contributed by atoms with van der Waals surface area (Å²) >= 11 is 0. The minimum atomic E-state index is -0.512. The molecule has 0 spiro atoms. The first-order valence-electron chi connectivity index (χ1n) is 9.70. The summed E-state index contributed by atoms with van der Waals surface area (Å²) in [4.78, 5) is 38.6. The van der Waals surface area contributed by atoms with E-state index in [1.54, 1.807) is 47.4 Å². The molecule has 2 aromatic carbocycles. The molecule has 1 aliphatic heterocycles. The number of primary amides is 1. The third kappa shape index (κ3) is 4.74. The van der Waals surface area contributed by atoms with Gasteiger partial charge >= 0.3 is 0 Å². The van der Waals surface area contributed by atoms with Crippen molar-refractivity contribution >= 4 is 17.7 Å². The largest absolute Gasteiger partial charge is 0.493 e. The zero-order valence-electron chi connectivity index (χ0n) is 16.4. The quantitative estimate of drug-likeness (QED) is 0.750. The summed E-state index contributed by atoms with van der Waals surface area (Å²) in [7, 11) is 0. The maximum Gasteiger partial charge on any atom is 0.258 e. The molecule has 3 N–H and O–H groups in total. The summed E-state index contributed by atoms with van der Waals surface area (Å²) in [6, 6.07) is 13.3. The number of ether oxygens (including phenoxy) is 1. The first kappa shape index (κ1) is 20.4. The van der Waals surface area contributed by atoms with Crippen LogP contribution in [-0.2, 0) is 11.3 Å². The molecule has 1 saturated heterocycles. The molecule has 7 nitrogen and oxygen atoms in total. The number of likely N-dealkylation sites (tertiary alicyclic amines) is 1. The van der Waals surface area contributed by atoms with E-state index in [0.29, 0.717) is 43.0 Å². The second-order valence-electron chi connectivity index (χ2n) is 6.86. The highest BCUT2D eigenvalue weighted by molar-refractivity contribution is 6.00. The van der Waals surface area contributed by atoms with Crippen LogP contribution in [0.2, 0.25) is 0 Å². The number of hydrogen-bond donors (Lipinski definition) is 2. The molecule has 2 aromatic rings. The molecule has 0 radical (unpaired) electrons. The fourth-order valence-corrected chi connectivity index (χ4v) is 3.46. The molecular weight excluding hydrogens is 370 g/mol. The van der Waals surface area contributed by atoms with E-state index in [1.807, 2.05) is 13.0 Å². The number of carbonyl (C=O) groups is 3. The van der Waals surface area contributed by atoms with Gasteiger partial charge < -0.3 is 20.7 Å². The Bertz CT molecular complexity index is 895. The molecule has 0 saturated carbocycles. The Morgan fingerprint density at radius 2 is 1.86 bits per heavy atom. The van der Waals surface area contributed by atoms with Gasteiger partial charge in [0.2, 0.25) is 11.8 Å². The molecule has 3 rings (SSSR count). The summed E-state index contributed by atoms with van der Waals surface area (Å²) < 4.78 is 5.56. The van der Waals surface area contributed by atoms with Crippen LogP contribution in [0.3, 0.4) is 0 Å². The second kappa shape index (κ2) is 9.23. The second-order valence-corrected chi connectivity index (χ2v) is 6.86. The summed E-state index contributed by atoms with van der Waals surface area (Å²) in [5.41, 5.74) is 6.97. The van der Waals surface area contributed by atoms with Gasteiger partial charge in [-0.1, -0.05) is 24.3 Å². The number of nitrogens with two attached hydrogens (primary N) is 1. The summed E-state index contributed by atoms with van der Waals surface area (Å²) in [5.74, 6) is -0.352. The Morgan fingerprint density at radius 3 is 2.55 bits per heavy atom. The normalized spacial score (nSPS) is 15.8. The number of hydrogen-bond acceptors (Lipinski definition) is 4. The van der Waals surface area contributed by atoms with E-state index in [9.17, 15) is 14.4 Å². The molecule has 152 valence electrons. The van der Waals surface area contributed by atoms with Crippen LogP contribution in [0.5, 0.6) is 5.75 Å². The smallest absolute Gasteiger partial charge is 0.258 e. The number of nitrogens with one attached hydrogen (secondary N) is 1. The molecule has 0 bridgehead atoms. The van der Waals surface area contributed by atoms with Crippen LogP contribution in [0.15, 0.2) is 48.5 Å². The van der Waals surface area contributed by atoms with Crippen molar-refractivity contribution in [3.63, 3.8) is 0 Å². The highest BCUT2D eigenvalue weighted by atomic mass is 16.5. The number of rotatable bonds is 7. The van der Waals surface area contributed by atoms with Crippen molar-refractivity contribution in [2.45, 2.75) is 32.4 Å². The molecule has 7 heteroatoms. The van der Waals surface area contributed by atoms with Crippen molar-refractivity contribution in [1.29, 1.82) is 0 Å². The Morgan fingerprint density at radius 1 is 1.14 bits per heavy atom. The van der Waals surface area contributed by atoms with Crippen molar-refractivity contribution in [2.24, 2.45) is 5.73 Å². The van der Waals surface area contributed by atoms with Crippen molar-refractivity contribution < 1.29 is 19.1 Å². The van der Waals surface area contributed by atoms with E-state index in [4.69, 9.17) is 10.5 Å². The van der Waals surface area contributed by atoms with Crippen molar-refractivity contribution in [3.8, 4) is 5.75 Å². The van der Waals surface area contributed by atoms with Crippen LogP contribution in [-0.4, -0.2) is 41.8 Å². The van der Waals surface area contributed by atoms with Gasteiger partial charge in [-0.15, -0.1) is 0 Å². The fraction of sp³-hybridized carbons (Fsp3) is 0.318. The van der Waals surface area contributed by atoms with E-state index in [2.05, 4.69) is 5.32 Å². The number of benzene rings is 2. The van der Waals surface area contributed by atoms with Gasteiger partial charge in [0.15, 0.2) is 0 Å². The van der Waals surface area contributed by atoms with Crippen LogP contribution in [0.25, 0.3) is 0 Å². The van der Waals surface area contributed by atoms with E-state index >= 15 is 0 Å². The topological polar surface area (TPSA) is 102 Å². The van der Waals surface area contributed by atoms with Crippen LogP contribution in [0.4, 0.5) is 0 Å². The van der Waals surface area contributed by atoms with Crippen LogP contribution in [0, 0.1) is 0 Å². The van der Waals surface area contributed by atoms with Gasteiger partial charge in [-0.05, 0) is 49.6 Å². The monoisotopic (exact) mass is 395 g/mol. The van der Waals surface area contributed by atoms with Gasteiger partial charge in [0.05, 0.1) is 12.2 Å². The average molecular weight is 395 g/mol. The molecule has 1 unspecified atom stereocenters. The zero-order valence-corrected chi connectivity index (χ0v) is 16.4. The van der Waals surface area contributed by atoms with Crippen LogP contribution in [0.1, 0.15) is 46.0 Å². The van der Waals surface area contributed by atoms with Gasteiger partial charge in [-0.25, -0.2) is 0 Å². The third-order valence-corrected chi connectivity index (χ3v) is 4.94. The number of carbonyl (C=O) groups excluding carboxylic acids is 3. The predicted molar refractivity (Wildman–Crippen MR) is 108 cm³/mol. The van der Waals surface area contributed by atoms with E-state index in [1.165, 1.54) is 0 Å². The summed E-state index contributed by atoms with van der Waals surface area (Å²) in [6.45, 7) is 3.17. The standard InChI is InChI=1S/C22H25N3O4/c1-2-29-19-8-4-3-6-17(19)22(28)25-13-5-7-18(25)21(27)24-14-15-9-11-16(12-10-15)20(23)26/h3-4,6,8-12,18H,2,5,7,13-14H2,1H3,(H2,23,26)(H,24,27). The van der Waals surface area contributed by atoms with E-state index < -0.39 is 11.9 Å². The lowest BCUT2D eigenvalue weighted by molar-refractivity contribution is -0.125. The molecule has 29 heavy (non-hydrogen) atoms. The number of nitrogens with zero attached hydrogens (tertiary/aromatic N) is 1. The van der Waals surface area contributed by atoms with Crippen molar-refractivity contribution in [1.82, 2.24) is 10.2 Å². The maximum atomic E-state index is 13.1. The van der Waals surface area contributed by atoms with Gasteiger partial charge in [0.1, 0.15) is 11.8 Å². The fourth-order valence-electron chi connectivity index (χ4n) is 3.46. The lowest BCUT2D eigenvalue weighted by Gasteiger charge is -2.25. The average Bonchev–Trinajstić information content (AvgIpc) is 3.22. The molecule has 1 aliphatic rings. The van der Waals surface area contributed by atoms with E-state index in [-0.39, 0.29) is 11.8 Å². The maximum absolute atomic E-state index is 13.1. The van der Waals surface area contributed by atoms with Gasteiger partial charge in [-0.2, -0.15) is 0 Å². The lowest BCUT2D eigenvalue weighted by Crippen LogP contribution is -2.45. The Hall–Kier alpha value is -3.35. The molecule has 3 amide bonds. The van der Waals surface area contributed by atoms with Gasteiger partial charge in [0.25, 0.3) is 5.91 Å². The minimum absolute atomic E-state index is 0.191. The SMILES string of the molecule is CCOc1ccccc1C(=O)N1CCCC1C(=O)NCc1ccc(C(N)=O)cc1. The van der Waals surface area contributed by atoms with Crippen LogP contribution >= 0.6 is 0 Å². The molecule has 1 atom stereocenters. The Kier molecular flexibility index (Phi) is 6.49. The van der Waals surface area contributed by atoms with Crippen molar-refractivity contribution in [2.75, 3.05) is 13.2 Å². The third-order valence-electron chi connectivity index (χ3n) is 4.94. The van der Waals surface area contributed by atoms with Crippen LogP contribution < -0.4 is 15.8 Å². The predicted octanol–water partition coefficient (Wildman–Crippen LogP) is 2.11. The Labute approximate surface area is 169 Å². The molecule has 0 aliphatic carbocycles. The van der Waals surface area contributed by atoms with E-state index in [0.717, 1.165) is 12.0 Å². The Balaban J connectivity index is 1.66. The molecular formula is C22H25N3O4. The van der Waals surface area contributed by atoms with Gasteiger partial charge in [-0.3, -0.25) is 14.4 Å². The number of para-hydroxylation sites is 1. The van der Waals surface area contributed by atoms with Crippen molar-refractivity contribution in [3.05, 3.63) is 65.2 Å². The molecule has 1 heterocycles. The number of amides is 3. The molecule has 1 fully saturated rings. The highest BCUT2D eigenvalue weighted by Crippen LogP contribution is 2.25. The molecule has 0 aromatic heterocycles. The minimum Gasteiger partial charge on any atom is -0.493 e. The summed E-state index contributed by atoms with van der Waals surface area (Å²) in [5, 5.41) is 2.89. The first-order valence-corrected chi connectivity index (χ1v) is 9.70. The zero-order chi connectivity index (χ0) is 20.8. The highest BCUT2D eigenvalue weighted by Gasteiger charge is 2.35. The lowest BCUT2D eigenvalue weighted by atomic mass is 10.1. The van der Waals surface area contributed by atoms with Gasteiger partial charge in [0, 0.05) is 18.7 Å². The first-order chi connectivity index (χ1) is 14.0.